The molecule has 0 aliphatic heterocycles. The molecule has 2 rings (SSSR count). The van der Waals surface area contributed by atoms with Crippen molar-refractivity contribution < 1.29 is 4.74 Å². The molecule has 0 saturated carbocycles. The van der Waals surface area contributed by atoms with Crippen molar-refractivity contribution in [1.82, 2.24) is 9.97 Å². The van der Waals surface area contributed by atoms with Crippen molar-refractivity contribution in [3.63, 3.8) is 0 Å². The summed E-state index contributed by atoms with van der Waals surface area (Å²) in [6.07, 6.45) is 1.02. The molecule has 1 heterocycles. The van der Waals surface area contributed by atoms with E-state index in [0.29, 0.717) is 6.61 Å². The summed E-state index contributed by atoms with van der Waals surface area (Å²) in [5.74, 6) is 0.851. The first-order chi connectivity index (χ1) is 7.29. The number of nitrogens with zero attached hydrogens (tertiary/aromatic N) is 1. The highest BCUT2D eigenvalue weighted by Gasteiger charge is 2.02. The molecule has 3 N–H and O–H groups in total. The Labute approximate surface area is 88.5 Å². The Morgan fingerprint density at radius 2 is 2.33 bits per heavy atom. The van der Waals surface area contributed by atoms with Crippen LogP contribution in [0.15, 0.2) is 18.2 Å². The smallest absolute Gasteiger partial charge is 0.133 e. The molecule has 1 aromatic carbocycles. The fraction of sp³-hybridized carbons (Fsp3) is 0.364. The van der Waals surface area contributed by atoms with Gasteiger partial charge in [0.2, 0.25) is 0 Å². The number of benzene rings is 1. The number of hydrogen-bond donors (Lipinski definition) is 2. The van der Waals surface area contributed by atoms with Crippen molar-refractivity contribution in [2.75, 3.05) is 12.3 Å². The maximum atomic E-state index is 5.68. The summed E-state index contributed by atoms with van der Waals surface area (Å²) >= 11 is 0. The van der Waals surface area contributed by atoms with Crippen LogP contribution in [0.4, 0.5) is 5.69 Å². The number of imidazole rings is 1. The van der Waals surface area contributed by atoms with Gasteiger partial charge in [0.25, 0.3) is 0 Å². The molecule has 4 heteroatoms. The molecule has 0 spiro atoms. The van der Waals surface area contributed by atoms with Crippen LogP contribution in [-0.4, -0.2) is 16.6 Å². The van der Waals surface area contributed by atoms with Crippen molar-refractivity contribution in [1.29, 1.82) is 0 Å². The number of hydrogen-bond acceptors (Lipinski definition) is 3. The number of ether oxygens (including phenoxy) is 1. The van der Waals surface area contributed by atoms with Gasteiger partial charge in [-0.05, 0) is 24.6 Å². The van der Waals surface area contributed by atoms with Gasteiger partial charge in [0.1, 0.15) is 12.4 Å². The Bertz CT molecular complexity index is 450. The van der Waals surface area contributed by atoms with Crippen LogP contribution in [0.3, 0.4) is 0 Å². The molecule has 0 aliphatic carbocycles. The predicted octanol–water partition coefficient (Wildman–Crippen LogP) is 2.07. The van der Waals surface area contributed by atoms with Gasteiger partial charge in [-0.2, -0.15) is 0 Å². The molecule has 0 saturated heterocycles. The van der Waals surface area contributed by atoms with Crippen molar-refractivity contribution in [2.45, 2.75) is 20.0 Å². The fourth-order valence-electron chi connectivity index (χ4n) is 1.46. The number of anilines is 1. The van der Waals surface area contributed by atoms with Gasteiger partial charge in [0.05, 0.1) is 11.0 Å². The average Bonchev–Trinajstić information content (AvgIpc) is 2.60. The van der Waals surface area contributed by atoms with Gasteiger partial charge in [0, 0.05) is 12.3 Å². The Morgan fingerprint density at radius 1 is 1.47 bits per heavy atom. The van der Waals surface area contributed by atoms with Crippen molar-refractivity contribution in [3.05, 3.63) is 24.0 Å². The Hall–Kier alpha value is -1.55. The summed E-state index contributed by atoms with van der Waals surface area (Å²) < 4.78 is 5.40. The van der Waals surface area contributed by atoms with E-state index < -0.39 is 0 Å². The lowest BCUT2D eigenvalue weighted by atomic mass is 10.3. The fourth-order valence-corrected chi connectivity index (χ4v) is 1.46. The summed E-state index contributed by atoms with van der Waals surface area (Å²) in [6.45, 7) is 3.38. The van der Waals surface area contributed by atoms with E-state index in [1.54, 1.807) is 0 Å². The summed E-state index contributed by atoms with van der Waals surface area (Å²) in [5.41, 5.74) is 8.31. The number of nitrogens with two attached hydrogens (primary N) is 1. The van der Waals surface area contributed by atoms with E-state index in [0.717, 1.165) is 35.6 Å². The SMILES string of the molecule is CCCOCc1nc2ccc(N)cc2[nH]1. The van der Waals surface area contributed by atoms with Crippen LogP contribution in [0.1, 0.15) is 19.2 Å². The van der Waals surface area contributed by atoms with Gasteiger partial charge in [-0.25, -0.2) is 4.98 Å². The highest BCUT2D eigenvalue weighted by Crippen LogP contribution is 2.15. The van der Waals surface area contributed by atoms with Crippen LogP contribution >= 0.6 is 0 Å². The molecule has 0 unspecified atom stereocenters. The van der Waals surface area contributed by atoms with E-state index in [4.69, 9.17) is 10.5 Å². The quantitative estimate of drug-likeness (QED) is 0.593. The Kier molecular flexibility index (Phi) is 2.87. The maximum absolute atomic E-state index is 5.68. The molecular weight excluding hydrogens is 190 g/mol. The minimum Gasteiger partial charge on any atom is -0.399 e. The summed E-state index contributed by atoms with van der Waals surface area (Å²) in [6, 6.07) is 5.63. The highest BCUT2D eigenvalue weighted by atomic mass is 16.5. The van der Waals surface area contributed by atoms with Crippen LogP contribution < -0.4 is 5.73 Å². The van der Waals surface area contributed by atoms with Gasteiger partial charge >= 0.3 is 0 Å². The second-order valence-electron chi connectivity index (χ2n) is 3.51. The maximum Gasteiger partial charge on any atom is 0.133 e. The van der Waals surface area contributed by atoms with E-state index in [1.165, 1.54) is 0 Å². The monoisotopic (exact) mass is 205 g/mol. The Balaban J connectivity index is 2.16. The van der Waals surface area contributed by atoms with E-state index >= 15 is 0 Å². The largest absolute Gasteiger partial charge is 0.399 e. The molecule has 0 bridgehead atoms. The van der Waals surface area contributed by atoms with E-state index in [1.807, 2.05) is 18.2 Å². The molecular formula is C11H15N3O. The van der Waals surface area contributed by atoms with Crippen molar-refractivity contribution in [3.8, 4) is 0 Å². The van der Waals surface area contributed by atoms with Gasteiger partial charge in [-0.3, -0.25) is 0 Å². The first-order valence-corrected chi connectivity index (χ1v) is 5.11. The summed E-state index contributed by atoms with van der Waals surface area (Å²) in [5, 5.41) is 0. The minimum atomic E-state index is 0.530. The lowest BCUT2D eigenvalue weighted by molar-refractivity contribution is 0.117. The first kappa shape index (κ1) is 9.98. The zero-order valence-corrected chi connectivity index (χ0v) is 8.79. The lowest BCUT2D eigenvalue weighted by Gasteiger charge is -1.97. The third-order valence-corrected chi connectivity index (χ3v) is 2.14. The van der Waals surface area contributed by atoms with Gasteiger partial charge in [-0.1, -0.05) is 6.92 Å². The normalized spacial score (nSPS) is 11.0. The molecule has 0 radical (unpaired) electrons. The first-order valence-electron chi connectivity index (χ1n) is 5.11. The number of aromatic amines is 1. The molecule has 15 heavy (non-hydrogen) atoms. The number of nitrogens with one attached hydrogen (secondary N) is 1. The summed E-state index contributed by atoms with van der Waals surface area (Å²) in [4.78, 5) is 7.57. The number of fused-ring (bicyclic) bond motifs is 1. The number of aromatic nitrogens is 2. The molecule has 80 valence electrons. The minimum absolute atomic E-state index is 0.530. The van der Waals surface area contributed by atoms with Crippen LogP contribution in [-0.2, 0) is 11.3 Å². The predicted molar refractivity (Wildman–Crippen MR) is 60.5 cm³/mol. The van der Waals surface area contributed by atoms with Crippen molar-refractivity contribution in [2.24, 2.45) is 0 Å². The second-order valence-corrected chi connectivity index (χ2v) is 3.51. The number of H-pyrrole nitrogens is 1. The van der Waals surface area contributed by atoms with Crippen LogP contribution in [0.2, 0.25) is 0 Å². The van der Waals surface area contributed by atoms with E-state index in [2.05, 4.69) is 16.9 Å². The van der Waals surface area contributed by atoms with E-state index in [-0.39, 0.29) is 0 Å². The van der Waals surface area contributed by atoms with Crippen LogP contribution in [0, 0.1) is 0 Å². The van der Waals surface area contributed by atoms with Gasteiger partial charge < -0.3 is 15.5 Å². The third-order valence-electron chi connectivity index (χ3n) is 2.14. The molecule has 0 fully saturated rings. The van der Waals surface area contributed by atoms with Gasteiger partial charge in [-0.15, -0.1) is 0 Å². The molecule has 0 atom stereocenters. The zero-order valence-electron chi connectivity index (χ0n) is 8.79. The molecule has 0 amide bonds. The van der Waals surface area contributed by atoms with Gasteiger partial charge in [0.15, 0.2) is 0 Å². The lowest BCUT2D eigenvalue weighted by Crippen LogP contribution is -1.95. The zero-order chi connectivity index (χ0) is 10.7. The standard InChI is InChI=1S/C11H15N3O/c1-2-5-15-7-11-13-9-4-3-8(12)6-10(9)14-11/h3-4,6H,2,5,7,12H2,1H3,(H,13,14). The molecule has 0 aliphatic rings. The van der Waals surface area contributed by atoms with Crippen molar-refractivity contribution >= 4 is 16.7 Å². The van der Waals surface area contributed by atoms with Crippen LogP contribution in [0.25, 0.3) is 11.0 Å². The molecule has 2 aromatic rings. The highest BCUT2D eigenvalue weighted by molar-refractivity contribution is 5.78. The number of rotatable bonds is 4. The second kappa shape index (κ2) is 4.31. The van der Waals surface area contributed by atoms with E-state index in [9.17, 15) is 0 Å². The average molecular weight is 205 g/mol. The van der Waals surface area contributed by atoms with Crippen LogP contribution in [0.5, 0.6) is 0 Å². The molecule has 1 aromatic heterocycles. The number of nitrogen functional groups attached to an aromatic ring is 1. The third kappa shape index (κ3) is 2.27. The topological polar surface area (TPSA) is 63.9 Å². The summed E-state index contributed by atoms with van der Waals surface area (Å²) in [7, 11) is 0. The Morgan fingerprint density at radius 3 is 3.13 bits per heavy atom. The molecule has 4 nitrogen and oxygen atoms in total.